The monoisotopic (exact) mass is 422 g/mol. The van der Waals surface area contributed by atoms with Crippen LogP contribution in [0.2, 0.25) is 0 Å². The molecule has 1 aliphatic heterocycles. The van der Waals surface area contributed by atoms with Crippen molar-refractivity contribution in [3.8, 4) is 33.8 Å². The Kier molecular flexibility index (Phi) is 3.38. The van der Waals surface area contributed by atoms with Crippen molar-refractivity contribution in [2.45, 2.75) is 0 Å². The molecule has 1 heterocycles. The number of hydrogen-bond acceptors (Lipinski definition) is 1. The van der Waals surface area contributed by atoms with E-state index in [0.29, 0.717) is 0 Å². The van der Waals surface area contributed by atoms with E-state index in [9.17, 15) is 0 Å². The first-order chi connectivity index (χ1) is 13.8. The fourth-order valence-electron chi connectivity index (χ4n) is 4.31. The minimum atomic E-state index is 0.921. The van der Waals surface area contributed by atoms with Crippen molar-refractivity contribution in [2.75, 3.05) is 0 Å². The largest absolute Gasteiger partial charge is 0.456 e. The molecule has 0 bridgehead atoms. The normalized spacial score (nSPS) is 12.0. The Labute approximate surface area is 171 Å². The van der Waals surface area contributed by atoms with Gasteiger partial charge in [0, 0.05) is 15.4 Å². The summed E-state index contributed by atoms with van der Waals surface area (Å²) in [6.07, 6.45) is 0. The van der Waals surface area contributed by atoms with Crippen molar-refractivity contribution < 1.29 is 4.74 Å². The lowest BCUT2D eigenvalue weighted by molar-refractivity contribution is 0.487. The van der Waals surface area contributed by atoms with Gasteiger partial charge in [0.15, 0.2) is 0 Å². The second-order valence-electron chi connectivity index (χ2n) is 7.08. The maximum Gasteiger partial charge on any atom is 0.135 e. The Morgan fingerprint density at radius 1 is 0.464 bits per heavy atom. The Hall–Kier alpha value is -3.10. The van der Waals surface area contributed by atoms with Crippen molar-refractivity contribution in [3.05, 3.63) is 95.5 Å². The molecule has 2 heteroatoms. The van der Waals surface area contributed by atoms with Crippen LogP contribution in [0.15, 0.2) is 95.5 Å². The van der Waals surface area contributed by atoms with Gasteiger partial charge in [-0.1, -0.05) is 88.7 Å². The maximum absolute atomic E-state index is 6.24. The Morgan fingerprint density at radius 2 is 1.14 bits per heavy atom. The van der Waals surface area contributed by atoms with E-state index in [4.69, 9.17) is 4.74 Å². The van der Waals surface area contributed by atoms with Crippen molar-refractivity contribution in [2.24, 2.45) is 0 Å². The average Bonchev–Trinajstić information content (AvgIpc) is 2.75. The Balaban J connectivity index is 1.72. The van der Waals surface area contributed by atoms with Crippen LogP contribution in [0.1, 0.15) is 0 Å². The van der Waals surface area contributed by atoms with Crippen molar-refractivity contribution in [1.29, 1.82) is 0 Å². The van der Waals surface area contributed by atoms with E-state index in [1.807, 2.05) is 12.1 Å². The molecule has 132 valence electrons. The number of para-hydroxylation sites is 1. The molecule has 28 heavy (non-hydrogen) atoms. The van der Waals surface area contributed by atoms with Crippen LogP contribution in [0.3, 0.4) is 0 Å². The molecule has 6 rings (SSSR count). The van der Waals surface area contributed by atoms with Gasteiger partial charge >= 0.3 is 0 Å². The molecule has 0 saturated heterocycles. The number of fused-ring (bicyclic) bond motifs is 3. The van der Waals surface area contributed by atoms with Gasteiger partial charge in [0.05, 0.1) is 0 Å². The third-order valence-corrected chi connectivity index (χ3v) is 6.25. The van der Waals surface area contributed by atoms with Crippen LogP contribution < -0.4 is 4.74 Å². The SMILES string of the molecule is Brc1ccc(-c2ccc3c4c(cccc24)-c2ccccc2O3)c2ccccc12. The minimum Gasteiger partial charge on any atom is -0.456 e. The van der Waals surface area contributed by atoms with Gasteiger partial charge in [-0.05, 0) is 51.0 Å². The number of benzene rings is 5. The average molecular weight is 423 g/mol. The summed E-state index contributed by atoms with van der Waals surface area (Å²) in [5.74, 6) is 1.85. The number of ether oxygens (including phenoxy) is 1. The zero-order chi connectivity index (χ0) is 18.7. The Morgan fingerprint density at radius 3 is 2.07 bits per heavy atom. The van der Waals surface area contributed by atoms with Gasteiger partial charge in [-0.3, -0.25) is 0 Å². The lowest BCUT2D eigenvalue weighted by Crippen LogP contribution is -1.97. The molecule has 0 spiro atoms. The van der Waals surface area contributed by atoms with Crippen LogP contribution >= 0.6 is 15.9 Å². The summed E-state index contributed by atoms with van der Waals surface area (Å²) in [6, 6.07) is 32.0. The smallest absolute Gasteiger partial charge is 0.135 e. The molecule has 0 fully saturated rings. The van der Waals surface area contributed by atoms with E-state index < -0.39 is 0 Å². The molecule has 5 aromatic carbocycles. The summed E-state index contributed by atoms with van der Waals surface area (Å²) >= 11 is 3.69. The first kappa shape index (κ1) is 15.9. The molecule has 5 aromatic rings. The highest BCUT2D eigenvalue weighted by Crippen LogP contribution is 2.49. The summed E-state index contributed by atoms with van der Waals surface area (Å²) in [7, 11) is 0. The first-order valence-electron chi connectivity index (χ1n) is 9.32. The van der Waals surface area contributed by atoms with Gasteiger partial charge in [-0.25, -0.2) is 0 Å². The predicted molar refractivity (Wildman–Crippen MR) is 120 cm³/mol. The van der Waals surface area contributed by atoms with Crippen molar-refractivity contribution >= 4 is 37.5 Å². The molecule has 1 aliphatic rings. The van der Waals surface area contributed by atoms with Gasteiger partial charge in [0.25, 0.3) is 0 Å². The summed E-state index contributed by atoms with van der Waals surface area (Å²) in [5.41, 5.74) is 4.85. The van der Waals surface area contributed by atoms with E-state index in [0.717, 1.165) is 21.5 Å². The van der Waals surface area contributed by atoms with Crippen LogP contribution in [0.4, 0.5) is 0 Å². The van der Waals surface area contributed by atoms with Gasteiger partial charge in [0.2, 0.25) is 0 Å². The van der Waals surface area contributed by atoms with Crippen LogP contribution in [0, 0.1) is 0 Å². The van der Waals surface area contributed by atoms with Crippen LogP contribution in [0.25, 0.3) is 43.8 Å². The molecule has 0 atom stereocenters. The summed E-state index contributed by atoms with van der Waals surface area (Å²) in [5, 5.41) is 4.87. The summed E-state index contributed by atoms with van der Waals surface area (Å²) in [6.45, 7) is 0. The zero-order valence-corrected chi connectivity index (χ0v) is 16.5. The minimum absolute atomic E-state index is 0.921. The molecular weight excluding hydrogens is 408 g/mol. The summed E-state index contributed by atoms with van der Waals surface area (Å²) in [4.78, 5) is 0. The first-order valence-corrected chi connectivity index (χ1v) is 10.1. The van der Waals surface area contributed by atoms with Gasteiger partial charge in [-0.2, -0.15) is 0 Å². The van der Waals surface area contributed by atoms with Gasteiger partial charge < -0.3 is 4.74 Å². The third kappa shape index (κ3) is 2.18. The third-order valence-electron chi connectivity index (χ3n) is 5.56. The van der Waals surface area contributed by atoms with Crippen LogP contribution in [0.5, 0.6) is 11.5 Å². The van der Waals surface area contributed by atoms with E-state index in [1.165, 1.54) is 38.2 Å². The second kappa shape index (κ2) is 5.95. The van der Waals surface area contributed by atoms with E-state index in [-0.39, 0.29) is 0 Å². The van der Waals surface area contributed by atoms with Gasteiger partial charge in [-0.15, -0.1) is 0 Å². The van der Waals surface area contributed by atoms with E-state index >= 15 is 0 Å². The molecule has 0 amide bonds. The molecule has 0 radical (unpaired) electrons. The van der Waals surface area contributed by atoms with Crippen molar-refractivity contribution in [3.63, 3.8) is 0 Å². The van der Waals surface area contributed by atoms with Crippen molar-refractivity contribution in [1.82, 2.24) is 0 Å². The number of halogens is 1. The molecule has 0 saturated carbocycles. The maximum atomic E-state index is 6.24. The zero-order valence-electron chi connectivity index (χ0n) is 14.9. The fourth-order valence-corrected chi connectivity index (χ4v) is 4.79. The lowest BCUT2D eigenvalue weighted by atomic mass is 9.89. The molecule has 0 aliphatic carbocycles. The molecule has 1 nitrogen and oxygen atoms in total. The predicted octanol–water partition coefficient (Wildman–Crippen LogP) is 8.20. The molecular formula is C26H15BrO. The number of rotatable bonds is 1. The Bertz CT molecular complexity index is 1400. The molecule has 0 unspecified atom stereocenters. The molecule has 0 N–H and O–H groups in total. The van der Waals surface area contributed by atoms with E-state index in [2.05, 4.69) is 94.8 Å². The highest BCUT2D eigenvalue weighted by Gasteiger charge is 2.21. The number of hydrogen-bond donors (Lipinski definition) is 0. The second-order valence-corrected chi connectivity index (χ2v) is 7.93. The quantitative estimate of drug-likeness (QED) is 0.259. The van der Waals surface area contributed by atoms with Gasteiger partial charge in [0.1, 0.15) is 11.5 Å². The molecule has 0 aromatic heterocycles. The highest BCUT2D eigenvalue weighted by molar-refractivity contribution is 9.10. The topological polar surface area (TPSA) is 9.23 Å². The van der Waals surface area contributed by atoms with E-state index in [1.54, 1.807) is 0 Å². The lowest BCUT2D eigenvalue weighted by Gasteiger charge is -2.22. The summed E-state index contributed by atoms with van der Waals surface area (Å²) < 4.78 is 7.36. The highest BCUT2D eigenvalue weighted by atomic mass is 79.9. The van der Waals surface area contributed by atoms with Crippen LogP contribution in [-0.4, -0.2) is 0 Å². The standard InChI is InChI=1S/C26H15BrO/c27-23-14-12-17(16-6-1-2-7-19(16)23)18-13-15-25-26-21(18)9-5-10-22(26)20-8-3-4-11-24(20)28-25/h1-15H. The van der Waals surface area contributed by atoms with Crippen LogP contribution in [-0.2, 0) is 0 Å². The fraction of sp³-hybridized carbons (Fsp3) is 0.